The number of nitrogens with zero attached hydrogens (tertiary/aromatic N) is 1. The summed E-state index contributed by atoms with van der Waals surface area (Å²) >= 11 is 1.32. The summed E-state index contributed by atoms with van der Waals surface area (Å²) in [6.07, 6.45) is 0.567. The minimum Gasteiger partial charge on any atom is -0.465 e. The summed E-state index contributed by atoms with van der Waals surface area (Å²) in [7, 11) is 1.32. The smallest absolute Gasteiger partial charge is 0.341 e. The van der Waals surface area contributed by atoms with Crippen molar-refractivity contribution < 1.29 is 19.1 Å². The number of hydrogen-bond donors (Lipinski definition) is 1. The number of amides is 2. The van der Waals surface area contributed by atoms with Crippen LogP contribution in [0.5, 0.6) is 0 Å². The Hall–Kier alpha value is -2.67. The number of carbonyl (C=O) groups excluding carboxylic acids is 3. The van der Waals surface area contributed by atoms with Crippen molar-refractivity contribution in [2.45, 2.75) is 19.9 Å². The number of benzene rings is 1. The van der Waals surface area contributed by atoms with E-state index in [0.717, 1.165) is 10.4 Å². The molecule has 1 N–H and O–H groups in total. The zero-order valence-corrected chi connectivity index (χ0v) is 14.8. The maximum atomic E-state index is 12.4. The summed E-state index contributed by atoms with van der Waals surface area (Å²) in [5.74, 6) is -0.765. The largest absolute Gasteiger partial charge is 0.465 e. The van der Waals surface area contributed by atoms with Crippen molar-refractivity contribution >= 4 is 34.1 Å². The molecule has 1 aliphatic heterocycles. The Morgan fingerprint density at radius 2 is 1.92 bits per heavy atom. The lowest BCUT2D eigenvalue weighted by molar-refractivity contribution is -0.129. The first-order chi connectivity index (χ1) is 12.0. The van der Waals surface area contributed by atoms with Crippen molar-refractivity contribution in [1.82, 2.24) is 4.90 Å². The number of carbonyl (C=O) groups is 3. The average molecular weight is 358 g/mol. The number of hydrogen-bond acceptors (Lipinski definition) is 5. The highest BCUT2D eigenvalue weighted by atomic mass is 32.1. The molecule has 2 aromatic rings. The zero-order chi connectivity index (χ0) is 18.0. The Kier molecular flexibility index (Phi) is 4.85. The summed E-state index contributed by atoms with van der Waals surface area (Å²) in [5, 5.41) is 3.29. The molecule has 3 rings (SSSR count). The molecule has 1 aromatic carbocycles. The minimum atomic E-state index is -0.475. The topological polar surface area (TPSA) is 75.7 Å². The van der Waals surface area contributed by atoms with Crippen LogP contribution in [0.1, 0.15) is 38.1 Å². The van der Waals surface area contributed by atoms with E-state index in [4.69, 9.17) is 4.74 Å². The normalized spacial score (nSPS) is 13.1. The molecule has 0 spiro atoms. The van der Waals surface area contributed by atoms with E-state index in [1.165, 1.54) is 25.4 Å². The quantitative estimate of drug-likeness (QED) is 0.856. The fraction of sp³-hybridized carbons (Fsp3) is 0.278. The Balaban J connectivity index is 1.95. The van der Waals surface area contributed by atoms with E-state index in [1.54, 1.807) is 29.2 Å². The van der Waals surface area contributed by atoms with Crippen LogP contribution in [0.15, 0.2) is 30.3 Å². The fourth-order valence-corrected chi connectivity index (χ4v) is 4.09. The van der Waals surface area contributed by atoms with Crippen molar-refractivity contribution in [3.63, 3.8) is 0 Å². The molecule has 1 aliphatic rings. The number of fused-ring (bicyclic) bond motifs is 1. The minimum absolute atomic E-state index is 0.00598. The summed E-state index contributed by atoms with van der Waals surface area (Å²) in [4.78, 5) is 38.9. The molecular weight excluding hydrogens is 340 g/mol. The number of thiophene rings is 1. The summed E-state index contributed by atoms with van der Waals surface area (Å²) in [5.41, 5.74) is 1.77. The summed E-state index contributed by atoms with van der Waals surface area (Å²) < 4.78 is 4.90. The van der Waals surface area contributed by atoms with E-state index in [2.05, 4.69) is 5.32 Å². The monoisotopic (exact) mass is 358 g/mol. The predicted octanol–water partition coefficient (Wildman–Crippen LogP) is 2.69. The number of nitrogens with one attached hydrogen (secondary N) is 1. The van der Waals surface area contributed by atoms with Crippen molar-refractivity contribution in [3.8, 4) is 0 Å². The van der Waals surface area contributed by atoms with Crippen molar-refractivity contribution in [1.29, 1.82) is 0 Å². The third kappa shape index (κ3) is 3.41. The molecule has 1 aromatic heterocycles. The number of rotatable bonds is 3. The highest BCUT2D eigenvalue weighted by Gasteiger charge is 2.30. The fourth-order valence-electron chi connectivity index (χ4n) is 2.84. The lowest BCUT2D eigenvalue weighted by Crippen LogP contribution is -2.33. The number of methoxy groups -OCH3 is 1. The van der Waals surface area contributed by atoms with Crippen LogP contribution in [0.25, 0.3) is 0 Å². The van der Waals surface area contributed by atoms with Crippen LogP contribution in [0.3, 0.4) is 0 Å². The SMILES string of the molecule is COC(=O)c1c(NC(=O)c2ccccc2)sc2c1CCN(C(C)=O)C2. The standard InChI is InChI=1S/C18H18N2O4S/c1-11(21)20-9-8-13-14(10-20)25-17(15(13)18(23)24-2)19-16(22)12-6-4-3-5-7-12/h3-7H,8-10H2,1-2H3,(H,19,22). The number of esters is 1. The van der Waals surface area contributed by atoms with Crippen LogP contribution in [-0.4, -0.2) is 36.3 Å². The first-order valence-electron chi connectivity index (χ1n) is 7.86. The van der Waals surface area contributed by atoms with Crippen LogP contribution in [0.2, 0.25) is 0 Å². The molecular formula is C18H18N2O4S. The molecule has 0 bridgehead atoms. The van der Waals surface area contributed by atoms with Gasteiger partial charge in [-0.15, -0.1) is 11.3 Å². The second-order valence-corrected chi connectivity index (χ2v) is 6.82. The molecule has 130 valence electrons. The molecule has 0 saturated heterocycles. The molecule has 7 heteroatoms. The number of anilines is 1. The van der Waals surface area contributed by atoms with E-state index in [-0.39, 0.29) is 11.8 Å². The van der Waals surface area contributed by atoms with Gasteiger partial charge in [0.05, 0.1) is 19.2 Å². The molecule has 0 radical (unpaired) electrons. The van der Waals surface area contributed by atoms with E-state index >= 15 is 0 Å². The van der Waals surface area contributed by atoms with Crippen molar-refractivity contribution in [2.75, 3.05) is 19.0 Å². The van der Waals surface area contributed by atoms with Crippen molar-refractivity contribution in [3.05, 3.63) is 51.9 Å². The third-order valence-corrected chi connectivity index (χ3v) is 5.29. The molecule has 2 heterocycles. The van der Waals surface area contributed by atoms with E-state index in [9.17, 15) is 14.4 Å². The molecule has 0 aliphatic carbocycles. The van der Waals surface area contributed by atoms with Crippen LogP contribution >= 0.6 is 11.3 Å². The van der Waals surface area contributed by atoms with Gasteiger partial charge in [0.1, 0.15) is 5.00 Å². The third-order valence-electron chi connectivity index (χ3n) is 4.15. The average Bonchev–Trinajstić information content (AvgIpc) is 2.98. The van der Waals surface area contributed by atoms with Crippen LogP contribution < -0.4 is 5.32 Å². The molecule has 2 amide bonds. The second-order valence-electron chi connectivity index (χ2n) is 5.71. The summed E-state index contributed by atoms with van der Waals surface area (Å²) in [6, 6.07) is 8.80. The molecule has 0 atom stereocenters. The molecule has 0 unspecified atom stereocenters. The highest BCUT2D eigenvalue weighted by molar-refractivity contribution is 7.17. The summed E-state index contributed by atoms with van der Waals surface area (Å²) in [6.45, 7) is 2.52. The van der Waals surface area contributed by atoms with Gasteiger partial charge in [-0.1, -0.05) is 18.2 Å². The highest BCUT2D eigenvalue weighted by Crippen LogP contribution is 2.37. The van der Waals surface area contributed by atoms with Gasteiger partial charge in [0.15, 0.2) is 0 Å². The Bertz CT molecular complexity index is 829. The van der Waals surface area contributed by atoms with Gasteiger partial charge in [-0.3, -0.25) is 9.59 Å². The predicted molar refractivity (Wildman–Crippen MR) is 94.8 cm³/mol. The molecule has 6 nitrogen and oxygen atoms in total. The van der Waals surface area contributed by atoms with E-state index < -0.39 is 5.97 Å². The van der Waals surface area contributed by atoms with Crippen LogP contribution in [0, 0.1) is 0 Å². The van der Waals surface area contributed by atoms with Crippen molar-refractivity contribution in [2.24, 2.45) is 0 Å². The Morgan fingerprint density at radius 1 is 1.20 bits per heavy atom. The van der Waals surface area contributed by atoms with Crippen LogP contribution in [-0.2, 0) is 22.5 Å². The van der Waals surface area contributed by atoms with E-state index in [0.29, 0.717) is 35.6 Å². The van der Waals surface area contributed by atoms with Gasteiger partial charge in [0.25, 0.3) is 5.91 Å². The second kappa shape index (κ2) is 7.06. The van der Waals surface area contributed by atoms with E-state index in [1.807, 2.05) is 6.07 Å². The Labute approximate surface area is 149 Å². The van der Waals surface area contributed by atoms with Gasteiger partial charge < -0.3 is 15.0 Å². The maximum Gasteiger partial charge on any atom is 0.341 e. The zero-order valence-electron chi connectivity index (χ0n) is 14.0. The molecule has 0 saturated carbocycles. The lowest BCUT2D eigenvalue weighted by Gasteiger charge is -2.25. The Morgan fingerprint density at radius 3 is 2.56 bits per heavy atom. The number of ether oxygens (including phenoxy) is 1. The van der Waals surface area contributed by atoms with Gasteiger partial charge in [-0.05, 0) is 24.1 Å². The molecule has 25 heavy (non-hydrogen) atoms. The maximum absolute atomic E-state index is 12.4. The van der Waals surface area contributed by atoms with Gasteiger partial charge in [-0.25, -0.2) is 4.79 Å². The van der Waals surface area contributed by atoms with Gasteiger partial charge in [-0.2, -0.15) is 0 Å². The van der Waals surface area contributed by atoms with Crippen LogP contribution in [0.4, 0.5) is 5.00 Å². The van der Waals surface area contributed by atoms with Gasteiger partial charge in [0.2, 0.25) is 5.91 Å². The lowest BCUT2D eigenvalue weighted by atomic mass is 10.0. The molecule has 0 fully saturated rings. The van der Waals surface area contributed by atoms with Gasteiger partial charge in [0, 0.05) is 23.9 Å². The first-order valence-corrected chi connectivity index (χ1v) is 8.67. The van der Waals surface area contributed by atoms with Gasteiger partial charge >= 0.3 is 5.97 Å². The first kappa shape index (κ1) is 17.2.